The molecule has 0 unspecified atom stereocenters. The monoisotopic (exact) mass is 362 g/mol. The molecule has 2 nitrogen and oxygen atoms in total. The maximum Gasteiger partial charge on any atom is 0.160 e. The molecule has 1 aromatic heterocycles. The van der Waals surface area contributed by atoms with E-state index in [0.29, 0.717) is 0 Å². The van der Waals surface area contributed by atoms with Gasteiger partial charge in [-0.3, -0.25) is 0 Å². The molecular formula is C23H26N2S. The maximum absolute atomic E-state index is 4.95. The van der Waals surface area contributed by atoms with Crippen molar-refractivity contribution in [2.45, 2.75) is 44.6 Å². The maximum atomic E-state index is 4.95. The first-order valence-electron chi connectivity index (χ1n) is 9.37. The molecule has 3 aromatic rings. The van der Waals surface area contributed by atoms with E-state index in [-0.39, 0.29) is 0 Å². The SMILES string of the molecule is CCCCCSc1nc(-c2ccccc2)nc(C)c1Cc1ccccc1. The van der Waals surface area contributed by atoms with Gasteiger partial charge in [0, 0.05) is 23.2 Å². The molecule has 0 radical (unpaired) electrons. The summed E-state index contributed by atoms with van der Waals surface area (Å²) in [5.41, 5.74) is 4.73. The van der Waals surface area contributed by atoms with Gasteiger partial charge in [0.25, 0.3) is 0 Å². The van der Waals surface area contributed by atoms with Crippen LogP contribution in [0.2, 0.25) is 0 Å². The summed E-state index contributed by atoms with van der Waals surface area (Å²) in [7, 11) is 0. The van der Waals surface area contributed by atoms with Gasteiger partial charge in [-0.25, -0.2) is 9.97 Å². The number of aryl methyl sites for hydroxylation is 1. The van der Waals surface area contributed by atoms with Crippen LogP contribution in [0.5, 0.6) is 0 Å². The lowest BCUT2D eigenvalue weighted by molar-refractivity contribution is 0.777. The first kappa shape index (κ1) is 18.7. The summed E-state index contributed by atoms with van der Waals surface area (Å²) in [5, 5.41) is 1.14. The van der Waals surface area contributed by atoms with Gasteiger partial charge in [-0.15, -0.1) is 11.8 Å². The zero-order valence-electron chi connectivity index (χ0n) is 15.6. The number of benzene rings is 2. The zero-order valence-corrected chi connectivity index (χ0v) is 16.4. The Morgan fingerprint density at radius 2 is 1.54 bits per heavy atom. The minimum atomic E-state index is 0.831. The molecule has 0 saturated carbocycles. The highest BCUT2D eigenvalue weighted by Crippen LogP contribution is 2.29. The number of rotatable bonds is 8. The van der Waals surface area contributed by atoms with Crippen LogP contribution in [-0.2, 0) is 6.42 Å². The van der Waals surface area contributed by atoms with Gasteiger partial charge in [0.05, 0.1) is 0 Å². The Labute approximate surface area is 161 Å². The Morgan fingerprint density at radius 3 is 2.23 bits per heavy atom. The molecule has 0 fully saturated rings. The molecule has 3 heteroatoms. The van der Waals surface area contributed by atoms with Crippen LogP contribution >= 0.6 is 11.8 Å². The average molecular weight is 363 g/mol. The molecular weight excluding hydrogens is 336 g/mol. The normalized spacial score (nSPS) is 10.8. The second-order valence-electron chi connectivity index (χ2n) is 6.50. The summed E-state index contributed by atoms with van der Waals surface area (Å²) in [6.45, 7) is 4.36. The minimum absolute atomic E-state index is 0.831. The first-order valence-corrected chi connectivity index (χ1v) is 10.4. The quantitative estimate of drug-likeness (QED) is 0.266. The number of nitrogens with zero attached hydrogens (tertiary/aromatic N) is 2. The topological polar surface area (TPSA) is 25.8 Å². The van der Waals surface area contributed by atoms with Gasteiger partial charge in [0.1, 0.15) is 5.03 Å². The minimum Gasteiger partial charge on any atom is -0.233 e. The van der Waals surface area contributed by atoms with E-state index in [1.807, 2.05) is 30.0 Å². The van der Waals surface area contributed by atoms with E-state index in [1.54, 1.807) is 0 Å². The predicted octanol–water partition coefficient (Wildman–Crippen LogP) is 6.33. The highest BCUT2D eigenvalue weighted by Gasteiger charge is 2.14. The number of hydrogen-bond acceptors (Lipinski definition) is 3. The van der Waals surface area contributed by atoms with E-state index in [1.165, 1.54) is 30.4 Å². The van der Waals surface area contributed by atoms with Crippen LogP contribution in [0.3, 0.4) is 0 Å². The average Bonchev–Trinajstić information content (AvgIpc) is 2.69. The fraction of sp³-hybridized carbons (Fsp3) is 0.304. The largest absolute Gasteiger partial charge is 0.233 e. The van der Waals surface area contributed by atoms with Crippen molar-refractivity contribution in [2.75, 3.05) is 5.75 Å². The second kappa shape index (κ2) is 9.54. The third kappa shape index (κ3) is 4.95. The Balaban J connectivity index is 1.93. The third-order valence-electron chi connectivity index (χ3n) is 4.42. The standard InChI is InChI=1S/C23H26N2S/c1-3-4-11-16-26-23-21(17-19-12-7-5-8-13-19)18(2)24-22(25-23)20-14-9-6-10-15-20/h5-10,12-15H,3-4,11,16-17H2,1-2H3. The van der Waals surface area contributed by atoms with Crippen LogP contribution < -0.4 is 0 Å². The van der Waals surface area contributed by atoms with Crippen molar-refractivity contribution in [2.24, 2.45) is 0 Å². The van der Waals surface area contributed by atoms with E-state index in [0.717, 1.165) is 34.3 Å². The van der Waals surface area contributed by atoms with Crippen LogP contribution in [0.25, 0.3) is 11.4 Å². The summed E-state index contributed by atoms with van der Waals surface area (Å²) < 4.78 is 0. The van der Waals surface area contributed by atoms with Crippen LogP contribution in [0.1, 0.15) is 43.0 Å². The van der Waals surface area contributed by atoms with E-state index >= 15 is 0 Å². The molecule has 2 aromatic carbocycles. The Bertz CT molecular complexity index is 816. The van der Waals surface area contributed by atoms with E-state index < -0.39 is 0 Å². The van der Waals surface area contributed by atoms with Crippen molar-refractivity contribution < 1.29 is 0 Å². The molecule has 1 heterocycles. The number of hydrogen-bond donors (Lipinski definition) is 0. The fourth-order valence-corrected chi connectivity index (χ4v) is 4.02. The smallest absolute Gasteiger partial charge is 0.160 e. The lowest BCUT2D eigenvalue weighted by Gasteiger charge is -2.13. The number of aromatic nitrogens is 2. The lowest BCUT2D eigenvalue weighted by Crippen LogP contribution is -2.03. The molecule has 0 aliphatic carbocycles. The first-order chi connectivity index (χ1) is 12.8. The van der Waals surface area contributed by atoms with Crippen LogP contribution in [-0.4, -0.2) is 15.7 Å². The van der Waals surface area contributed by atoms with E-state index in [4.69, 9.17) is 9.97 Å². The lowest BCUT2D eigenvalue weighted by atomic mass is 10.1. The summed E-state index contributed by atoms with van der Waals surface area (Å²) in [5.74, 6) is 1.94. The predicted molar refractivity (Wildman–Crippen MR) is 112 cm³/mol. The third-order valence-corrected chi connectivity index (χ3v) is 5.52. The molecule has 26 heavy (non-hydrogen) atoms. The van der Waals surface area contributed by atoms with Crippen LogP contribution in [0.15, 0.2) is 65.7 Å². The van der Waals surface area contributed by atoms with Crippen molar-refractivity contribution in [3.05, 3.63) is 77.5 Å². The fourth-order valence-electron chi connectivity index (χ4n) is 2.93. The molecule has 0 bridgehead atoms. The molecule has 0 spiro atoms. The van der Waals surface area contributed by atoms with Gasteiger partial charge in [-0.2, -0.15) is 0 Å². The molecule has 3 rings (SSSR count). The van der Waals surface area contributed by atoms with E-state index in [9.17, 15) is 0 Å². The van der Waals surface area contributed by atoms with Crippen LogP contribution in [0.4, 0.5) is 0 Å². The number of thioether (sulfide) groups is 1. The van der Waals surface area contributed by atoms with Crippen molar-refractivity contribution in [3.8, 4) is 11.4 Å². The highest BCUT2D eigenvalue weighted by atomic mass is 32.2. The van der Waals surface area contributed by atoms with Gasteiger partial charge in [0.2, 0.25) is 0 Å². The number of unbranched alkanes of at least 4 members (excludes halogenated alkanes) is 2. The molecule has 0 amide bonds. The summed E-state index contributed by atoms with van der Waals surface area (Å²) in [4.78, 5) is 9.77. The Morgan fingerprint density at radius 1 is 0.846 bits per heavy atom. The van der Waals surface area contributed by atoms with Crippen LogP contribution in [0, 0.1) is 6.92 Å². The molecule has 134 valence electrons. The van der Waals surface area contributed by atoms with E-state index in [2.05, 4.69) is 56.3 Å². The molecule has 0 saturated heterocycles. The summed E-state index contributed by atoms with van der Waals surface area (Å²) in [6, 6.07) is 20.9. The highest BCUT2D eigenvalue weighted by molar-refractivity contribution is 7.99. The van der Waals surface area contributed by atoms with Gasteiger partial charge in [-0.05, 0) is 24.7 Å². The van der Waals surface area contributed by atoms with Gasteiger partial charge < -0.3 is 0 Å². The van der Waals surface area contributed by atoms with Crippen molar-refractivity contribution >= 4 is 11.8 Å². The molecule has 0 aliphatic heterocycles. The molecule has 0 aliphatic rings. The molecule has 0 atom stereocenters. The second-order valence-corrected chi connectivity index (χ2v) is 7.58. The van der Waals surface area contributed by atoms with Crippen molar-refractivity contribution in [1.82, 2.24) is 9.97 Å². The van der Waals surface area contributed by atoms with Gasteiger partial charge in [0.15, 0.2) is 5.82 Å². The Hall–Kier alpha value is -2.13. The van der Waals surface area contributed by atoms with Gasteiger partial charge >= 0.3 is 0 Å². The zero-order chi connectivity index (χ0) is 18.2. The summed E-state index contributed by atoms with van der Waals surface area (Å²) in [6.07, 6.45) is 4.64. The Kier molecular flexibility index (Phi) is 6.84. The molecule has 0 N–H and O–H groups in total. The van der Waals surface area contributed by atoms with Crippen molar-refractivity contribution in [3.63, 3.8) is 0 Å². The van der Waals surface area contributed by atoms with Gasteiger partial charge in [-0.1, -0.05) is 80.4 Å². The summed E-state index contributed by atoms with van der Waals surface area (Å²) >= 11 is 1.88. The van der Waals surface area contributed by atoms with Crippen molar-refractivity contribution in [1.29, 1.82) is 0 Å².